The van der Waals surface area contributed by atoms with Gasteiger partial charge >= 0.3 is 0 Å². The number of rotatable bonds is 3. The van der Waals surface area contributed by atoms with Gasteiger partial charge in [-0.25, -0.2) is 4.39 Å². The van der Waals surface area contributed by atoms with E-state index in [4.69, 9.17) is 0 Å². The number of amides is 1. The lowest BCUT2D eigenvalue weighted by Gasteiger charge is -2.14. The topological polar surface area (TPSA) is 42.0 Å². The summed E-state index contributed by atoms with van der Waals surface area (Å²) < 4.78 is 13.4. The van der Waals surface area contributed by atoms with Crippen molar-refractivity contribution in [1.29, 1.82) is 0 Å². The monoisotopic (exact) mass is 322 g/mol. The molecule has 1 amide bonds. The number of pyridine rings is 1. The molecule has 0 aliphatic rings. The van der Waals surface area contributed by atoms with E-state index in [1.54, 1.807) is 6.20 Å². The van der Waals surface area contributed by atoms with Gasteiger partial charge in [-0.3, -0.25) is 9.78 Å². The number of aromatic nitrogens is 1. The molecule has 5 heteroatoms. The zero-order valence-electron chi connectivity index (χ0n) is 10.2. The van der Waals surface area contributed by atoms with Crippen molar-refractivity contribution in [2.45, 2.75) is 13.0 Å². The maximum Gasteiger partial charge on any atom is 0.252 e. The van der Waals surface area contributed by atoms with Gasteiger partial charge in [-0.1, -0.05) is 6.07 Å². The molecule has 0 saturated heterocycles. The van der Waals surface area contributed by atoms with E-state index in [1.807, 2.05) is 25.1 Å². The Hall–Kier alpha value is -1.75. The molecule has 19 heavy (non-hydrogen) atoms. The fourth-order valence-corrected chi connectivity index (χ4v) is 2.18. The van der Waals surface area contributed by atoms with Crippen LogP contribution in [0.4, 0.5) is 4.39 Å². The van der Waals surface area contributed by atoms with Gasteiger partial charge in [0.1, 0.15) is 5.82 Å². The molecule has 2 rings (SSSR count). The number of nitrogens with zero attached hydrogens (tertiary/aromatic N) is 1. The van der Waals surface area contributed by atoms with Crippen molar-refractivity contribution < 1.29 is 9.18 Å². The van der Waals surface area contributed by atoms with Gasteiger partial charge in [0.05, 0.1) is 17.3 Å². The second kappa shape index (κ2) is 5.93. The van der Waals surface area contributed by atoms with E-state index in [-0.39, 0.29) is 17.8 Å². The lowest BCUT2D eigenvalue weighted by molar-refractivity contribution is 0.0938. The first-order chi connectivity index (χ1) is 9.08. The SMILES string of the molecule is CC(NC(=O)c1ccc(F)cc1Br)c1ccccn1. The summed E-state index contributed by atoms with van der Waals surface area (Å²) in [5.41, 5.74) is 1.17. The quantitative estimate of drug-likeness (QED) is 0.940. The zero-order chi connectivity index (χ0) is 13.8. The second-order valence-electron chi connectivity index (χ2n) is 4.07. The highest BCUT2D eigenvalue weighted by Gasteiger charge is 2.14. The number of hydrogen-bond donors (Lipinski definition) is 1. The predicted octanol–water partition coefficient (Wildman–Crippen LogP) is 3.47. The molecule has 98 valence electrons. The van der Waals surface area contributed by atoms with E-state index in [9.17, 15) is 9.18 Å². The molecule has 1 unspecified atom stereocenters. The van der Waals surface area contributed by atoms with Crippen molar-refractivity contribution in [2.24, 2.45) is 0 Å². The van der Waals surface area contributed by atoms with Crippen LogP contribution < -0.4 is 5.32 Å². The van der Waals surface area contributed by atoms with E-state index < -0.39 is 0 Å². The first-order valence-corrected chi connectivity index (χ1v) is 6.54. The Bertz CT molecular complexity index is 589. The van der Waals surface area contributed by atoms with Crippen molar-refractivity contribution in [3.8, 4) is 0 Å². The highest BCUT2D eigenvalue weighted by atomic mass is 79.9. The van der Waals surface area contributed by atoms with Crippen LogP contribution in [0.1, 0.15) is 29.0 Å². The largest absolute Gasteiger partial charge is 0.344 e. The molecule has 2 aromatic rings. The van der Waals surface area contributed by atoms with E-state index in [0.717, 1.165) is 5.69 Å². The number of benzene rings is 1. The summed E-state index contributed by atoms with van der Waals surface area (Å²) in [7, 11) is 0. The smallest absolute Gasteiger partial charge is 0.252 e. The molecule has 0 bridgehead atoms. The Morgan fingerprint density at radius 3 is 2.79 bits per heavy atom. The summed E-state index contributed by atoms with van der Waals surface area (Å²) in [6, 6.07) is 9.26. The van der Waals surface area contributed by atoms with E-state index in [1.165, 1.54) is 18.2 Å². The molecule has 1 heterocycles. The van der Waals surface area contributed by atoms with Crippen molar-refractivity contribution in [1.82, 2.24) is 10.3 Å². The number of hydrogen-bond acceptors (Lipinski definition) is 2. The maximum atomic E-state index is 13.0. The second-order valence-corrected chi connectivity index (χ2v) is 4.93. The molecule has 0 aliphatic carbocycles. The first-order valence-electron chi connectivity index (χ1n) is 5.75. The fraction of sp³-hybridized carbons (Fsp3) is 0.143. The molecular formula is C14H12BrFN2O. The fourth-order valence-electron chi connectivity index (χ4n) is 1.65. The van der Waals surface area contributed by atoms with Crippen molar-refractivity contribution in [3.63, 3.8) is 0 Å². The molecule has 0 saturated carbocycles. The molecule has 0 radical (unpaired) electrons. The average molecular weight is 323 g/mol. The van der Waals surface area contributed by atoms with Gasteiger partial charge in [-0.15, -0.1) is 0 Å². The summed E-state index contributed by atoms with van der Waals surface area (Å²) >= 11 is 3.18. The Morgan fingerprint density at radius 1 is 1.37 bits per heavy atom. The highest BCUT2D eigenvalue weighted by Crippen LogP contribution is 2.19. The summed E-state index contributed by atoms with van der Waals surface area (Å²) in [6.45, 7) is 1.84. The zero-order valence-corrected chi connectivity index (χ0v) is 11.8. The third kappa shape index (κ3) is 3.38. The molecule has 1 atom stereocenters. The molecule has 1 N–H and O–H groups in total. The van der Waals surface area contributed by atoms with Gasteiger partial charge < -0.3 is 5.32 Å². The molecule has 3 nitrogen and oxygen atoms in total. The van der Waals surface area contributed by atoms with Crippen LogP contribution in [0.3, 0.4) is 0 Å². The minimum absolute atomic E-state index is 0.217. The Kier molecular flexibility index (Phi) is 4.27. The molecule has 1 aromatic carbocycles. The van der Waals surface area contributed by atoms with Crippen molar-refractivity contribution >= 4 is 21.8 Å². The van der Waals surface area contributed by atoms with Crippen LogP contribution in [-0.2, 0) is 0 Å². The lowest BCUT2D eigenvalue weighted by atomic mass is 10.1. The van der Waals surface area contributed by atoms with Gasteiger partial charge in [-0.05, 0) is 53.2 Å². The van der Waals surface area contributed by atoms with Crippen LogP contribution in [0.5, 0.6) is 0 Å². The standard InChI is InChI=1S/C14H12BrFN2O/c1-9(13-4-2-3-7-17-13)18-14(19)11-6-5-10(16)8-12(11)15/h2-9H,1H3,(H,18,19). The molecular weight excluding hydrogens is 311 g/mol. The normalized spacial score (nSPS) is 11.9. The number of nitrogens with one attached hydrogen (secondary N) is 1. The lowest BCUT2D eigenvalue weighted by Crippen LogP contribution is -2.27. The Morgan fingerprint density at radius 2 is 2.16 bits per heavy atom. The van der Waals surface area contributed by atoms with Crippen LogP contribution in [0.25, 0.3) is 0 Å². The number of carbonyl (C=O) groups excluding carboxylic acids is 1. The minimum Gasteiger partial charge on any atom is -0.344 e. The third-order valence-corrected chi connectivity index (χ3v) is 3.31. The summed E-state index contributed by atoms with van der Waals surface area (Å²) in [5.74, 6) is -0.661. The van der Waals surface area contributed by atoms with Gasteiger partial charge in [-0.2, -0.15) is 0 Å². The van der Waals surface area contributed by atoms with Gasteiger partial charge in [0.2, 0.25) is 0 Å². The Balaban J connectivity index is 2.13. The number of halogens is 2. The molecule has 1 aromatic heterocycles. The first kappa shape index (κ1) is 13.7. The van der Waals surface area contributed by atoms with E-state index >= 15 is 0 Å². The van der Waals surface area contributed by atoms with Crippen LogP contribution >= 0.6 is 15.9 Å². The third-order valence-electron chi connectivity index (χ3n) is 2.65. The van der Waals surface area contributed by atoms with Crippen molar-refractivity contribution in [3.05, 3.63) is 64.1 Å². The van der Waals surface area contributed by atoms with E-state index in [2.05, 4.69) is 26.2 Å². The number of carbonyl (C=O) groups is 1. The average Bonchev–Trinajstić information content (AvgIpc) is 2.39. The molecule has 0 spiro atoms. The summed E-state index contributed by atoms with van der Waals surface area (Å²) in [5, 5.41) is 2.82. The highest BCUT2D eigenvalue weighted by molar-refractivity contribution is 9.10. The summed E-state index contributed by atoms with van der Waals surface area (Å²) in [6.07, 6.45) is 1.67. The Labute approximate surface area is 119 Å². The van der Waals surface area contributed by atoms with Gasteiger partial charge in [0.15, 0.2) is 0 Å². The van der Waals surface area contributed by atoms with E-state index in [0.29, 0.717) is 10.0 Å². The minimum atomic E-state index is -0.388. The predicted molar refractivity (Wildman–Crippen MR) is 74.2 cm³/mol. The van der Waals surface area contributed by atoms with Crippen molar-refractivity contribution in [2.75, 3.05) is 0 Å². The van der Waals surface area contributed by atoms with Gasteiger partial charge in [0, 0.05) is 10.7 Å². The maximum absolute atomic E-state index is 13.0. The van der Waals surface area contributed by atoms with Crippen LogP contribution in [0.2, 0.25) is 0 Å². The van der Waals surface area contributed by atoms with Crippen LogP contribution in [0, 0.1) is 5.82 Å². The summed E-state index contributed by atoms with van der Waals surface area (Å²) in [4.78, 5) is 16.2. The van der Waals surface area contributed by atoms with Crippen LogP contribution in [-0.4, -0.2) is 10.9 Å². The van der Waals surface area contributed by atoms with Gasteiger partial charge in [0.25, 0.3) is 5.91 Å². The van der Waals surface area contributed by atoms with Crippen LogP contribution in [0.15, 0.2) is 47.1 Å². The molecule has 0 fully saturated rings. The molecule has 0 aliphatic heterocycles.